The maximum atomic E-state index is 10.8. The van der Waals surface area contributed by atoms with Gasteiger partial charge >= 0.3 is 5.97 Å². The zero-order chi connectivity index (χ0) is 10.8. The van der Waals surface area contributed by atoms with E-state index in [9.17, 15) is 13.2 Å². The first kappa shape index (κ1) is 10.6. The zero-order valence-electron chi connectivity index (χ0n) is 7.34. The molecule has 0 atom stereocenters. The molecule has 0 aliphatic rings. The van der Waals surface area contributed by atoms with Crippen LogP contribution in [-0.4, -0.2) is 35.7 Å². The van der Waals surface area contributed by atoms with E-state index < -0.39 is 15.8 Å². The third kappa shape index (κ3) is 3.09. The molecule has 0 aliphatic heterocycles. The highest BCUT2D eigenvalue weighted by Crippen LogP contribution is 1.99. The molecule has 0 bridgehead atoms. The molecule has 0 unspecified atom stereocenters. The van der Waals surface area contributed by atoms with Crippen LogP contribution in [0.4, 0.5) is 0 Å². The molecule has 0 radical (unpaired) electrons. The van der Waals surface area contributed by atoms with Crippen LogP contribution in [0.25, 0.3) is 0 Å². The van der Waals surface area contributed by atoms with Crippen LogP contribution in [-0.2, 0) is 15.6 Å². The molecule has 0 saturated heterocycles. The van der Waals surface area contributed by atoms with Gasteiger partial charge in [-0.3, -0.25) is 0 Å². The largest absolute Gasteiger partial charge is 0.478 e. The van der Waals surface area contributed by atoms with Gasteiger partial charge < -0.3 is 5.11 Å². The lowest BCUT2D eigenvalue weighted by Gasteiger charge is -1.97. The predicted molar refractivity (Wildman–Crippen MR) is 47.5 cm³/mol. The van der Waals surface area contributed by atoms with E-state index in [-0.39, 0.29) is 17.1 Å². The Morgan fingerprint density at radius 2 is 1.93 bits per heavy atom. The van der Waals surface area contributed by atoms with Crippen molar-refractivity contribution in [3.8, 4) is 0 Å². The number of carboxylic acids is 1. The summed E-state index contributed by atoms with van der Waals surface area (Å²) in [5.74, 6) is -1.33. The number of rotatable bonds is 3. The number of sulfone groups is 1. The van der Waals surface area contributed by atoms with Crippen LogP contribution < -0.4 is 0 Å². The number of nitrogens with zero attached hydrogens (tertiary/aromatic N) is 2. The first-order valence-corrected chi connectivity index (χ1v) is 5.66. The molecule has 7 heteroatoms. The van der Waals surface area contributed by atoms with E-state index >= 15 is 0 Å². The Labute approximate surface area is 80.5 Å². The van der Waals surface area contributed by atoms with Crippen LogP contribution in [0.2, 0.25) is 0 Å². The molecular formula is C7H8N2O4S. The molecule has 0 spiro atoms. The Balaban J connectivity index is 2.90. The lowest BCUT2D eigenvalue weighted by molar-refractivity contribution is 0.0696. The normalized spacial score (nSPS) is 11.2. The maximum Gasteiger partial charge on any atom is 0.338 e. The molecule has 0 aromatic carbocycles. The Morgan fingerprint density at radius 3 is 2.29 bits per heavy atom. The van der Waals surface area contributed by atoms with Crippen molar-refractivity contribution in [3.63, 3.8) is 0 Å². The predicted octanol–water partition coefficient (Wildman–Crippen LogP) is -0.281. The molecule has 1 rings (SSSR count). The van der Waals surface area contributed by atoms with E-state index in [0.29, 0.717) is 0 Å². The van der Waals surface area contributed by atoms with E-state index in [0.717, 1.165) is 18.6 Å². The van der Waals surface area contributed by atoms with Gasteiger partial charge in [-0.15, -0.1) is 0 Å². The SMILES string of the molecule is CS(=O)(=O)Cc1ncc(C(=O)O)cn1. The molecule has 6 nitrogen and oxygen atoms in total. The van der Waals surface area contributed by atoms with E-state index in [1.54, 1.807) is 0 Å². The smallest absolute Gasteiger partial charge is 0.338 e. The van der Waals surface area contributed by atoms with Crippen molar-refractivity contribution in [2.24, 2.45) is 0 Å². The fraction of sp³-hybridized carbons (Fsp3) is 0.286. The lowest BCUT2D eigenvalue weighted by atomic mass is 10.3. The van der Waals surface area contributed by atoms with E-state index in [2.05, 4.69) is 9.97 Å². The van der Waals surface area contributed by atoms with Crippen LogP contribution in [0.15, 0.2) is 12.4 Å². The van der Waals surface area contributed by atoms with Gasteiger partial charge in [-0.2, -0.15) is 0 Å². The van der Waals surface area contributed by atoms with E-state index in [4.69, 9.17) is 5.11 Å². The fourth-order valence-corrected chi connectivity index (χ4v) is 1.39. The van der Waals surface area contributed by atoms with Crippen molar-refractivity contribution in [3.05, 3.63) is 23.8 Å². The van der Waals surface area contributed by atoms with Gasteiger partial charge in [-0.1, -0.05) is 0 Å². The molecular weight excluding hydrogens is 208 g/mol. The quantitative estimate of drug-likeness (QED) is 0.746. The van der Waals surface area contributed by atoms with Crippen LogP contribution in [0.1, 0.15) is 16.2 Å². The maximum absolute atomic E-state index is 10.8. The van der Waals surface area contributed by atoms with Gasteiger partial charge in [0.15, 0.2) is 9.84 Å². The van der Waals surface area contributed by atoms with Gasteiger partial charge in [0.05, 0.1) is 5.56 Å². The standard InChI is InChI=1S/C7H8N2O4S/c1-14(12,13)4-6-8-2-5(3-9-6)7(10)11/h2-3H,4H2,1H3,(H,10,11). The highest BCUT2D eigenvalue weighted by atomic mass is 32.2. The molecule has 0 saturated carbocycles. The van der Waals surface area contributed by atoms with Gasteiger partial charge in [0.1, 0.15) is 11.6 Å². The van der Waals surface area contributed by atoms with Gasteiger partial charge in [0, 0.05) is 18.6 Å². The van der Waals surface area contributed by atoms with Crippen molar-refractivity contribution in [2.45, 2.75) is 5.75 Å². The second kappa shape index (κ2) is 3.70. The van der Waals surface area contributed by atoms with Gasteiger partial charge in [-0.25, -0.2) is 23.2 Å². The molecule has 76 valence electrons. The molecule has 0 amide bonds. The van der Waals surface area contributed by atoms with Gasteiger partial charge in [0.25, 0.3) is 0 Å². The minimum Gasteiger partial charge on any atom is -0.478 e. The third-order valence-corrected chi connectivity index (χ3v) is 2.13. The third-order valence-electron chi connectivity index (χ3n) is 1.34. The van der Waals surface area contributed by atoms with Crippen LogP contribution in [0, 0.1) is 0 Å². The topological polar surface area (TPSA) is 97.2 Å². The van der Waals surface area contributed by atoms with Gasteiger partial charge in [-0.05, 0) is 0 Å². The van der Waals surface area contributed by atoms with E-state index in [1.165, 1.54) is 0 Å². The summed E-state index contributed by atoms with van der Waals surface area (Å²) in [5.41, 5.74) is -0.0674. The average molecular weight is 216 g/mol. The number of carbonyl (C=O) groups is 1. The summed E-state index contributed by atoms with van der Waals surface area (Å²) < 4.78 is 21.6. The van der Waals surface area contributed by atoms with Crippen LogP contribution >= 0.6 is 0 Å². The summed E-state index contributed by atoms with van der Waals surface area (Å²) in [6.45, 7) is 0. The summed E-state index contributed by atoms with van der Waals surface area (Å²) in [7, 11) is -3.18. The number of hydrogen-bond donors (Lipinski definition) is 1. The van der Waals surface area contributed by atoms with Crippen molar-refractivity contribution in [2.75, 3.05) is 6.26 Å². The highest BCUT2D eigenvalue weighted by molar-refractivity contribution is 7.89. The minimum atomic E-state index is -3.18. The van der Waals surface area contributed by atoms with Crippen LogP contribution in [0.5, 0.6) is 0 Å². The molecule has 1 heterocycles. The Kier molecular flexibility index (Phi) is 2.80. The monoisotopic (exact) mass is 216 g/mol. The van der Waals surface area contributed by atoms with Crippen molar-refractivity contribution in [1.29, 1.82) is 0 Å². The van der Waals surface area contributed by atoms with E-state index in [1.807, 2.05) is 0 Å². The number of carboxylic acid groups (broad SMARTS) is 1. The lowest BCUT2D eigenvalue weighted by Crippen LogP contribution is -2.07. The number of aromatic carboxylic acids is 1. The summed E-state index contributed by atoms with van der Waals surface area (Å²) >= 11 is 0. The van der Waals surface area contributed by atoms with Gasteiger partial charge in [0.2, 0.25) is 0 Å². The minimum absolute atomic E-state index is 0.0674. The summed E-state index contributed by atoms with van der Waals surface area (Å²) in [6.07, 6.45) is 3.22. The molecule has 1 aromatic heterocycles. The van der Waals surface area contributed by atoms with Crippen molar-refractivity contribution < 1.29 is 18.3 Å². The average Bonchev–Trinajstić information content (AvgIpc) is 2.02. The molecule has 0 aliphatic carbocycles. The molecule has 0 fully saturated rings. The van der Waals surface area contributed by atoms with Crippen molar-refractivity contribution in [1.82, 2.24) is 9.97 Å². The van der Waals surface area contributed by atoms with Crippen molar-refractivity contribution >= 4 is 15.8 Å². The second-order valence-corrected chi connectivity index (χ2v) is 4.90. The number of aromatic nitrogens is 2. The summed E-state index contributed by atoms with van der Waals surface area (Å²) in [5, 5.41) is 8.51. The number of hydrogen-bond acceptors (Lipinski definition) is 5. The molecule has 1 aromatic rings. The summed E-state index contributed by atoms with van der Waals surface area (Å²) in [6, 6.07) is 0. The molecule has 14 heavy (non-hydrogen) atoms. The van der Waals surface area contributed by atoms with Crippen LogP contribution in [0.3, 0.4) is 0 Å². The first-order valence-electron chi connectivity index (χ1n) is 3.60. The zero-order valence-corrected chi connectivity index (χ0v) is 8.15. The Morgan fingerprint density at radius 1 is 1.43 bits per heavy atom. The first-order chi connectivity index (χ1) is 6.38. The molecule has 1 N–H and O–H groups in total. The Hall–Kier alpha value is -1.50. The Bertz CT molecular complexity index is 437. The summed E-state index contributed by atoms with van der Waals surface area (Å²) in [4.78, 5) is 17.6. The fourth-order valence-electron chi connectivity index (χ4n) is 0.774. The highest BCUT2D eigenvalue weighted by Gasteiger charge is 2.08. The second-order valence-electron chi connectivity index (χ2n) is 2.76.